The van der Waals surface area contributed by atoms with E-state index in [9.17, 15) is 24.3 Å². The summed E-state index contributed by atoms with van der Waals surface area (Å²) in [4.78, 5) is 52.5. The van der Waals surface area contributed by atoms with Crippen molar-refractivity contribution in [3.63, 3.8) is 0 Å². The van der Waals surface area contributed by atoms with Crippen LogP contribution in [-0.2, 0) is 28.7 Å². The number of nitrogens with zero attached hydrogens (tertiary/aromatic N) is 2. The van der Waals surface area contributed by atoms with Crippen molar-refractivity contribution >= 4 is 23.8 Å². The predicted molar refractivity (Wildman–Crippen MR) is 130 cm³/mol. The minimum Gasteiger partial charge on any atom is -0.478 e. The quantitative estimate of drug-likeness (QED) is 0.452. The molecule has 1 saturated carbocycles. The number of amides is 2. The van der Waals surface area contributed by atoms with Crippen LogP contribution in [0.25, 0.3) is 0 Å². The molecule has 4 aliphatic rings. The number of carbonyl (C=O) groups is 4. The molecule has 2 aliphatic carbocycles. The van der Waals surface area contributed by atoms with Crippen molar-refractivity contribution in [2.45, 2.75) is 58.7 Å². The van der Waals surface area contributed by atoms with Gasteiger partial charge in [-0.25, -0.2) is 4.79 Å². The van der Waals surface area contributed by atoms with Gasteiger partial charge in [-0.3, -0.25) is 14.4 Å². The lowest BCUT2D eigenvalue weighted by atomic mass is 10.1. The lowest BCUT2D eigenvalue weighted by Gasteiger charge is -2.27. The third-order valence-corrected chi connectivity index (χ3v) is 5.84. The normalized spacial score (nSPS) is 22.5. The van der Waals surface area contributed by atoms with Gasteiger partial charge in [0.25, 0.3) is 11.8 Å². The van der Waals surface area contributed by atoms with Gasteiger partial charge in [0.05, 0.1) is 0 Å². The fourth-order valence-electron chi connectivity index (χ4n) is 4.14. The first-order valence-corrected chi connectivity index (χ1v) is 12.1. The van der Waals surface area contributed by atoms with E-state index >= 15 is 0 Å². The SMILES string of the molecule is C=C.CC.CC(=O)OC(C(=O)O)[C@H]1OCCCN(C2=CCC=C3CN(CC4CC4)C(=O)C3=C2)C1=O. The molecular formula is C26H36N2O7. The van der Waals surface area contributed by atoms with Crippen LogP contribution in [0.3, 0.4) is 0 Å². The molecule has 1 unspecified atom stereocenters. The van der Waals surface area contributed by atoms with E-state index < -0.39 is 30.1 Å². The van der Waals surface area contributed by atoms with E-state index in [0.717, 1.165) is 31.9 Å². The summed E-state index contributed by atoms with van der Waals surface area (Å²) >= 11 is 0. The molecule has 1 N–H and O–H groups in total. The Morgan fingerprint density at radius 2 is 1.91 bits per heavy atom. The van der Waals surface area contributed by atoms with Crippen molar-refractivity contribution in [2.24, 2.45) is 5.92 Å². The molecule has 4 rings (SSSR count). The van der Waals surface area contributed by atoms with Crippen molar-refractivity contribution in [1.82, 2.24) is 9.80 Å². The number of ether oxygens (including phenoxy) is 2. The first kappa shape index (κ1) is 28.0. The van der Waals surface area contributed by atoms with E-state index in [1.54, 1.807) is 6.08 Å². The minimum atomic E-state index is -1.74. The molecule has 0 spiro atoms. The van der Waals surface area contributed by atoms with Crippen molar-refractivity contribution in [3.8, 4) is 0 Å². The number of rotatable bonds is 6. The van der Waals surface area contributed by atoms with Crippen molar-refractivity contribution in [3.05, 3.63) is 48.2 Å². The molecule has 2 aliphatic heterocycles. The third kappa shape index (κ3) is 6.91. The standard InChI is InChI=1S/C22H26N2O7.C2H6.C2H4/c1-13(25)31-19(22(28)29)18-21(27)24(8-3-9-30-18)16-5-2-4-15-12-23(11-14-6-7-14)20(26)17(15)10-16;2*1-2/h4-5,10,14,18-19H,2-3,6-9,11-12H2,1H3,(H,28,29);1-2H3;1-2H2/t18-,19?;;/m1../s1. The molecule has 0 aromatic rings. The molecule has 0 aromatic carbocycles. The minimum absolute atomic E-state index is 0.0376. The van der Waals surface area contributed by atoms with E-state index in [0.29, 0.717) is 43.1 Å². The second-order valence-electron chi connectivity index (χ2n) is 8.28. The van der Waals surface area contributed by atoms with Gasteiger partial charge in [0.2, 0.25) is 6.10 Å². The molecule has 0 aromatic heterocycles. The van der Waals surface area contributed by atoms with Gasteiger partial charge in [-0.15, -0.1) is 13.2 Å². The Bertz CT molecular complexity index is 917. The maximum Gasteiger partial charge on any atom is 0.348 e. The highest BCUT2D eigenvalue weighted by atomic mass is 16.6. The Morgan fingerprint density at radius 3 is 2.51 bits per heavy atom. The topological polar surface area (TPSA) is 113 Å². The number of allylic oxidation sites excluding steroid dienone is 3. The molecule has 192 valence electrons. The first-order chi connectivity index (χ1) is 16.8. The average Bonchev–Trinajstić information content (AvgIpc) is 3.66. The average molecular weight is 489 g/mol. The van der Waals surface area contributed by atoms with Gasteiger partial charge in [-0.05, 0) is 43.3 Å². The molecule has 2 amide bonds. The number of carbonyl (C=O) groups excluding carboxylic acids is 3. The summed E-state index contributed by atoms with van der Waals surface area (Å²) < 4.78 is 10.3. The Labute approximate surface area is 206 Å². The van der Waals surface area contributed by atoms with E-state index in [4.69, 9.17) is 9.47 Å². The summed E-state index contributed by atoms with van der Waals surface area (Å²) in [7, 11) is 0. The maximum atomic E-state index is 13.2. The Balaban J connectivity index is 0.00000103. The van der Waals surface area contributed by atoms with E-state index in [1.807, 2.05) is 30.9 Å². The largest absolute Gasteiger partial charge is 0.478 e. The molecule has 2 saturated heterocycles. The first-order valence-electron chi connectivity index (χ1n) is 12.1. The number of aliphatic carboxylic acids is 1. The molecule has 35 heavy (non-hydrogen) atoms. The summed E-state index contributed by atoms with van der Waals surface area (Å²) in [6.07, 6.45) is 5.72. The molecule has 2 heterocycles. The monoisotopic (exact) mass is 488 g/mol. The highest BCUT2D eigenvalue weighted by molar-refractivity contribution is 6.02. The lowest BCUT2D eigenvalue weighted by molar-refractivity contribution is -0.177. The summed E-state index contributed by atoms with van der Waals surface area (Å²) in [5, 5.41) is 9.48. The van der Waals surface area contributed by atoms with Crippen LogP contribution in [0.15, 0.2) is 48.2 Å². The van der Waals surface area contributed by atoms with Crippen molar-refractivity contribution < 1.29 is 33.8 Å². The lowest BCUT2D eigenvalue weighted by Crippen LogP contribution is -2.49. The number of carboxylic acid groups (broad SMARTS) is 1. The van der Waals surface area contributed by atoms with Crippen LogP contribution in [0.5, 0.6) is 0 Å². The smallest absolute Gasteiger partial charge is 0.348 e. The van der Waals surface area contributed by atoms with Gasteiger partial charge in [0.15, 0.2) is 6.10 Å². The van der Waals surface area contributed by atoms with Crippen LogP contribution >= 0.6 is 0 Å². The molecule has 0 bridgehead atoms. The van der Waals surface area contributed by atoms with E-state index in [2.05, 4.69) is 13.2 Å². The zero-order valence-corrected chi connectivity index (χ0v) is 20.8. The molecule has 9 nitrogen and oxygen atoms in total. The number of fused-ring (bicyclic) bond motifs is 1. The van der Waals surface area contributed by atoms with Gasteiger partial charge in [-0.1, -0.05) is 26.0 Å². The van der Waals surface area contributed by atoms with Gasteiger partial charge in [-0.2, -0.15) is 0 Å². The highest BCUT2D eigenvalue weighted by Gasteiger charge is 2.42. The number of likely N-dealkylation sites (tertiary alicyclic amines) is 1. The summed E-state index contributed by atoms with van der Waals surface area (Å²) in [6, 6.07) is 0. The van der Waals surface area contributed by atoms with Gasteiger partial charge in [0.1, 0.15) is 0 Å². The number of esters is 1. The maximum absolute atomic E-state index is 13.2. The summed E-state index contributed by atoms with van der Waals surface area (Å²) in [5.41, 5.74) is 2.07. The number of hydrogen-bond donors (Lipinski definition) is 1. The van der Waals surface area contributed by atoms with Gasteiger partial charge in [0, 0.05) is 44.4 Å². The van der Waals surface area contributed by atoms with Crippen molar-refractivity contribution in [1.29, 1.82) is 0 Å². The fourth-order valence-corrected chi connectivity index (χ4v) is 4.14. The molecule has 2 atom stereocenters. The second kappa shape index (κ2) is 13.0. The zero-order chi connectivity index (χ0) is 26.1. The van der Waals surface area contributed by atoms with Crippen molar-refractivity contribution in [2.75, 3.05) is 26.2 Å². The van der Waals surface area contributed by atoms with Crippen LogP contribution in [0.2, 0.25) is 0 Å². The molecule has 0 radical (unpaired) electrons. The molecule has 3 fully saturated rings. The predicted octanol–water partition coefficient (Wildman–Crippen LogP) is 2.84. The Hall–Kier alpha value is -3.20. The van der Waals surface area contributed by atoms with E-state index in [1.165, 1.54) is 4.90 Å². The molecular weight excluding hydrogens is 452 g/mol. The highest BCUT2D eigenvalue weighted by Crippen LogP contribution is 2.35. The van der Waals surface area contributed by atoms with Crippen LogP contribution in [0, 0.1) is 5.92 Å². The summed E-state index contributed by atoms with van der Waals surface area (Å²) in [6.45, 7) is 12.9. The van der Waals surface area contributed by atoms with Gasteiger partial charge >= 0.3 is 11.9 Å². The number of carboxylic acids is 1. The summed E-state index contributed by atoms with van der Waals surface area (Å²) in [5.74, 6) is -2.31. The molecule has 9 heteroatoms. The van der Waals surface area contributed by atoms with Crippen LogP contribution in [0.1, 0.15) is 46.5 Å². The van der Waals surface area contributed by atoms with Crippen LogP contribution < -0.4 is 0 Å². The third-order valence-electron chi connectivity index (χ3n) is 5.84. The number of hydrogen-bond acceptors (Lipinski definition) is 6. The zero-order valence-electron chi connectivity index (χ0n) is 20.8. The Morgan fingerprint density at radius 1 is 1.23 bits per heavy atom. The Kier molecular flexibility index (Phi) is 10.4. The van der Waals surface area contributed by atoms with E-state index in [-0.39, 0.29) is 12.5 Å². The second-order valence-corrected chi connectivity index (χ2v) is 8.28. The fraction of sp³-hybridized carbons (Fsp3) is 0.538. The van der Waals surface area contributed by atoms with Crippen LogP contribution in [-0.4, -0.2) is 77.1 Å². The van der Waals surface area contributed by atoms with Crippen LogP contribution in [0.4, 0.5) is 0 Å². The van der Waals surface area contributed by atoms with Gasteiger partial charge < -0.3 is 24.4 Å².